The number of anilines is 1. The minimum Gasteiger partial charge on any atom is -0.507 e. The molecule has 1 aliphatic heterocycles. The van der Waals surface area contributed by atoms with Gasteiger partial charge in [0.1, 0.15) is 11.5 Å². The fraction of sp³-hybridized carbons (Fsp3) is 0.133. The number of benzene rings is 4. The number of Topliss-reactive ketones (excluding diaryl/α,β-unsaturated/α-hetero) is 1. The van der Waals surface area contributed by atoms with Gasteiger partial charge in [-0.05, 0) is 41.0 Å². The monoisotopic (exact) mass is 463 g/mol. The van der Waals surface area contributed by atoms with E-state index in [1.165, 1.54) is 4.90 Å². The van der Waals surface area contributed by atoms with Crippen LogP contribution in [0.25, 0.3) is 16.5 Å². The number of fused-ring (bicyclic) bond motifs is 1. The molecule has 1 unspecified atom stereocenters. The first-order valence-electron chi connectivity index (χ1n) is 11.7. The summed E-state index contributed by atoms with van der Waals surface area (Å²) in [4.78, 5) is 28.2. The largest absolute Gasteiger partial charge is 0.507 e. The second-order valence-corrected chi connectivity index (χ2v) is 8.49. The van der Waals surface area contributed by atoms with Gasteiger partial charge in [-0.15, -0.1) is 0 Å². The third kappa shape index (κ3) is 4.17. The first-order chi connectivity index (χ1) is 17.1. The lowest BCUT2D eigenvalue weighted by Crippen LogP contribution is -2.29. The lowest BCUT2D eigenvalue weighted by molar-refractivity contribution is -0.132. The quantitative estimate of drug-likeness (QED) is 0.208. The van der Waals surface area contributed by atoms with E-state index in [0.717, 1.165) is 22.8 Å². The Morgan fingerprint density at radius 2 is 1.60 bits per heavy atom. The minimum absolute atomic E-state index is 0.0661. The van der Waals surface area contributed by atoms with Crippen molar-refractivity contribution < 1.29 is 19.4 Å². The van der Waals surface area contributed by atoms with Gasteiger partial charge >= 0.3 is 0 Å². The number of ether oxygens (including phenoxy) is 1. The van der Waals surface area contributed by atoms with Crippen LogP contribution < -0.4 is 9.64 Å². The van der Waals surface area contributed by atoms with Gasteiger partial charge in [0.2, 0.25) is 0 Å². The number of hydrogen-bond donors (Lipinski definition) is 1. The van der Waals surface area contributed by atoms with Crippen molar-refractivity contribution in [3.8, 4) is 5.75 Å². The van der Waals surface area contributed by atoms with Crippen LogP contribution in [0, 0.1) is 0 Å². The molecule has 1 atom stereocenters. The van der Waals surface area contributed by atoms with Gasteiger partial charge < -0.3 is 9.84 Å². The predicted molar refractivity (Wildman–Crippen MR) is 137 cm³/mol. The Balaban J connectivity index is 1.67. The number of nitrogens with zero attached hydrogens (tertiary/aromatic N) is 1. The molecule has 4 aromatic rings. The molecule has 1 aliphatic rings. The van der Waals surface area contributed by atoms with Crippen molar-refractivity contribution in [2.24, 2.45) is 0 Å². The predicted octanol–water partition coefficient (Wildman–Crippen LogP) is 6.25. The summed E-state index contributed by atoms with van der Waals surface area (Å²) in [6.07, 6.45) is 0.852. The Kier molecular flexibility index (Phi) is 6.06. The van der Waals surface area contributed by atoms with Gasteiger partial charge in [-0.2, -0.15) is 0 Å². The van der Waals surface area contributed by atoms with Gasteiger partial charge in [0.25, 0.3) is 11.7 Å². The maximum Gasteiger partial charge on any atom is 0.300 e. The molecule has 1 N–H and O–H groups in total. The van der Waals surface area contributed by atoms with Crippen molar-refractivity contribution in [1.82, 2.24) is 0 Å². The standard InChI is InChI=1S/C30H25NO4/c1-2-17-35-25-14-8-13-24(19-25)31-27(21-10-4-3-5-11-21)26(29(33)30(31)34)28(32)23-16-15-20-9-6-7-12-22(20)18-23/h3-16,18-19,27,32H,2,17H2,1H3/b28-26-. The summed E-state index contributed by atoms with van der Waals surface area (Å²) in [7, 11) is 0. The fourth-order valence-corrected chi connectivity index (χ4v) is 4.48. The van der Waals surface area contributed by atoms with Gasteiger partial charge in [-0.3, -0.25) is 14.5 Å². The molecule has 1 saturated heterocycles. The van der Waals surface area contributed by atoms with Crippen LogP contribution in [-0.4, -0.2) is 23.4 Å². The molecule has 1 heterocycles. The lowest BCUT2D eigenvalue weighted by atomic mass is 9.94. The highest BCUT2D eigenvalue weighted by Gasteiger charge is 2.47. The maximum atomic E-state index is 13.4. The number of rotatable bonds is 6. The van der Waals surface area contributed by atoms with Crippen molar-refractivity contribution in [1.29, 1.82) is 0 Å². The van der Waals surface area contributed by atoms with E-state index in [4.69, 9.17) is 4.74 Å². The Bertz CT molecular complexity index is 1440. The number of carbonyl (C=O) groups is 2. The highest BCUT2D eigenvalue weighted by Crippen LogP contribution is 2.43. The normalized spacial score (nSPS) is 17.2. The van der Waals surface area contributed by atoms with Crippen LogP contribution in [0.4, 0.5) is 5.69 Å². The summed E-state index contributed by atoms with van der Waals surface area (Å²) in [5.41, 5.74) is 1.82. The molecule has 1 fully saturated rings. The van der Waals surface area contributed by atoms with Gasteiger partial charge in [-0.25, -0.2) is 0 Å². The van der Waals surface area contributed by atoms with Gasteiger partial charge in [-0.1, -0.05) is 79.7 Å². The summed E-state index contributed by atoms with van der Waals surface area (Å²) < 4.78 is 5.76. The van der Waals surface area contributed by atoms with E-state index in [1.54, 1.807) is 24.3 Å². The summed E-state index contributed by atoms with van der Waals surface area (Å²) >= 11 is 0. The van der Waals surface area contributed by atoms with Crippen molar-refractivity contribution in [3.05, 3.63) is 114 Å². The highest BCUT2D eigenvalue weighted by molar-refractivity contribution is 6.51. The fourth-order valence-electron chi connectivity index (χ4n) is 4.48. The molecule has 0 saturated carbocycles. The van der Waals surface area contributed by atoms with E-state index >= 15 is 0 Å². The highest BCUT2D eigenvalue weighted by atomic mass is 16.5. The summed E-state index contributed by atoms with van der Waals surface area (Å²) in [6.45, 7) is 2.57. The molecule has 5 rings (SSSR count). The van der Waals surface area contributed by atoms with Gasteiger partial charge in [0.05, 0.1) is 18.2 Å². The Morgan fingerprint density at radius 1 is 0.857 bits per heavy atom. The van der Waals surface area contributed by atoms with E-state index in [-0.39, 0.29) is 11.3 Å². The van der Waals surface area contributed by atoms with E-state index in [2.05, 4.69) is 0 Å². The second kappa shape index (κ2) is 9.47. The van der Waals surface area contributed by atoms with Crippen molar-refractivity contribution in [2.45, 2.75) is 19.4 Å². The van der Waals surface area contributed by atoms with E-state index in [0.29, 0.717) is 23.6 Å². The number of ketones is 1. The average molecular weight is 464 g/mol. The molecule has 35 heavy (non-hydrogen) atoms. The van der Waals surface area contributed by atoms with Crippen molar-refractivity contribution in [3.63, 3.8) is 0 Å². The SMILES string of the molecule is CCCOc1cccc(N2C(=O)C(=O)/C(=C(\O)c3ccc4ccccc4c3)C2c2ccccc2)c1. The van der Waals surface area contributed by atoms with Crippen LogP contribution in [0.5, 0.6) is 5.75 Å². The van der Waals surface area contributed by atoms with E-state index in [9.17, 15) is 14.7 Å². The molecular weight excluding hydrogens is 438 g/mol. The third-order valence-corrected chi connectivity index (χ3v) is 6.15. The van der Waals surface area contributed by atoms with Gasteiger partial charge in [0, 0.05) is 17.3 Å². The molecule has 174 valence electrons. The molecular formula is C30H25NO4. The Labute approximate surface area is 203 Å². The van der Waals surface area contributed by atoms with Crippen molar-refractivity contribution in [2.75, 3.05) is 11.5 Å². The van der Waals surface area contributed by atoms with E-state index in [1.807, 2.05) is 79.7 Å². The van der Waals surface area contributed by atoms with Crippen LogP contribution in [0.2, 0.25) is 0 Å². The molecule has 4 aromatic carbocycles. The Morgan fingerprint density at radius 3 is 2.37 bits per heavy atom. The van der Waals surface area contributed by atoms with Crippen LogP contribution in [-0.2, 0) is 9.59 Å². The van der Waals surface area contributed by atoms with Crippen LogP contribution in [0.1, 0.15) is 30.5 Å². The molecule has 0 radical (unpaired) electrons. The summed E-state index contributed by atoms with van der Waals surface area (Å²) in [5, 5.41) is 13.3. The number of carbonyl (C=O) groups excluding carboxylic acids is 2. The average Bonchev–Trinajstić information content (AvgIpc) is 3.17. The van der Waals surface area contributed by atoms with E-state index < -0.39 is 17.7 Å². The molecule has 5 heteroatoms. The van der Waals surface area contributed by atoms with Crippen LogP contribution in [0.15, 0.2) is 103 Å². The molecule has 5 nitrogen and oxygen atoms in total. The molecule has 0 spiro atoms. The zero-order valence-electron chi connectivity index (χ0n) is 19.3. The summed E-state index contributed by atoms with van der Waals surface area (Å²) in [6, 6.07) is 29.0. The first-order valence-corrected chi connectivity index (χ1v) is 11.7. The smallest absolute Gasteiger partial charge is 0.300 e. The van der Waals surface area contributed by atoms with Crippen LogP contribution in [0.3, 0.4) is 0 Å². The lowest BCUT2D eigenvalue weighted by Gasteiger charge is -2.25. The van der Waals surface area contributed by atoms with Crippen LogP contribution >= 0.6 is 0 Å². The number of aliphatic hydroxyl groups excluding tert-OH is 1. The van der Waals surface area contributed by atoms with Gasteiger partial charge in [0.15, 0.2) is 0 Å². The zero-order valence-corrected chi connectivity index (χ0v) is 19.3. The molecule has 0 bridgehead atoms. The Hall–Kier alpha value is -4.38. The molecule has 1 amide bonds. The molecule has 0 aliphatic carbocycles. The number of aliphatic hydroxyl groups is 1. The summed E-state index contributed by atoms with van der Waals surface area (Å²) in [5.74, 6) is -0.977. The number of hydrogen-bond acceptors (Lipinski definition) is 4. The minimum atomic E-state index is -0.774. The second-order valence-electron chi connectivity index (χ2n) is 8.49. The van der Waals surface area contributed by atoms with Crippen molar-refractivity contribution >= 4 is 33.9 Å². The topological polar surface area (TPSA) is 66.8 Å². The molecule has 0 aromatic heterocycles. The maximum absolute atomic E-state index is 13.4. The number of amides is 1. The zero-order chi connectivity index (χ0) is 24.4. The first kappa shape index (κ1) is 22.4. The third-order valence-electron chi connectivity index (χ3n) is 6.15.